The third-order valence-corrected chi connectivity index (χ3v) is 1.91. The van der Waals surface area contributed by atoms with E-state index in [1.54, 1.807) is 0 Å². The first-order valence-corrected chi connectivity index (χ1v) is 4.97. The van der Waals surface area contributed by atoms with Crippen LogP contribution < -0.4 is 0 Å². The normalized spacial score (nSPS) is 8.64. The van der Waals surface area contributed by atoms with Crippen molar-refractivity contribution >= 4 is 6.47 Å². The summed E-state index contributed by atoms with van der Waals surface area (Å²) in [5.41, 5.74) is 1.47. The van der Waals surface area contributed by atoms with Crippen molar-refractivity contribution in [2.24, 2.45) is 0 Å². The lowest BCUT2D eigenvalue weighted by molar-refractivity contribution is -0.122. The van der Waals surface area contributed by atoms with E-state index in [-0.39, 0.29) is 6.47 Å². The summed E-state index contributed by atoms with van der Waals surface area (Å²) < 4.78 is 0. The maximum atomic E-state index is 8.36. The highest BCUT2D eigenvalue weighted by molar-refractivity contribution is 5.32. The lowest BCUT2D eigenvalue weighted by Gasteiger charge is -1.98. The molecule has 0 heterocycles. The molecule has 0 aromatic heterocycles. The molecule has 0 bridgehead atoms. The van der Waals surface area contributed by atoms with Gasteiger partial charge in [-0.3, -0.25) is 4.79 Å². The van der Waals surface area contributed by atoms with E-state index in [0.29, 0.717) is 0 Å². The van der Waals surface area contributed by atoms with E-state index >= 15 is 0 Å². The van der Waals surface area contributed by atoms with Crippen LogP contribution in [0.2, 0.25) is 0 Å². The maximum absolute atomic E-state index is 8.36. The predicted octanol–water partition coefficient (Wildman–Crippen LogP) is 3.12. The Morgan fingerprint density at radius 2 is 1.79 bits per heavy atom. The van der Waals surface area contributed by atoms with Gasteiger partial charge in [0.15, 0.2) is 0 Å². The molecule has 2 nitrogen and oxygen atoms in total. The first-order valence-electron chi connectivity index (χ1n) is 4.97. The Morgan fingerprint density at radius 1 is 1.21 bits per heavy atom. The Labute approximate surface area is 85.6 Å². The van der Waals surface area contributed by atoms with Crippen LogP contribution in [0.1, 0.15) is 31.7 Å². The number of benzene rings is 1. The predicted molar refractivity (Wildman–Crippen MR) is 58.4 cm³/mol. The molecule has 0 saturated heterocycles. The zero-order valence-corrected chi connectivity index (χ0v) is 8.65. The number of aryl methyl sites for hydroxylation is 1. The van der Waals surface area contributed by atoms with Crippen molar-refractivity contribution in [1.29, 1.82) is 0 Å². The molecule has 0 aliphatic rings. The largest absolute Gasteiger partial charge is 0.483 e. The summed E-state index contributed by atoms with van der Waals surface area (Å²) in [6.45, 7) is 1.99. The van der Waals surface area contributed by atoms with Gasteiger partial charge in [0.2, 0.25) is 0 Å². The average Bonchev–Trinajstić information content (AvgIpc) is 2.21. The molecule has 0 aliphatic carbocycles. The maximum Gasteiger partial charge on any atom is 0.290 e. The van der Waals surface area contributed by atoms with Crippen molar-refractivity contribution in [2.45, 2.75) is 32.6 Å². The highest BCUT2D eigenvalue weighted by Gasteiger charge is 1.89. The summed E-state index contributed by atoms with van der Waals surface area (Å²) in [6, 6.07) is 10.7. The molecule has 0 unspecified atom stereocenters. The van der Waals surface area contributed by atoms with E-state index in [9.17, 15) is 0 Å². The molecule has 0 atom stereocenters. The third-order valence-electron chi connectivity index (χ3n) is 1.91. The van der Waals surface area contributed by atoms with Crippen LogP contribution in [0.25, 0.3) is 0 Å². The van der Waals surface area contributed by atoms with Crippen molar-refractivity contribution in [1.82, 2.24) is 0 Å². The zero-order valence-electron chi connectivity index (χ0n) is 8.65. The van der Waals surface area contributed by atoms with Gasteiger partial charge in [-0.1, -0.05) is 50.1 Å². The van der Waals surface area contributed by atoms with Crippen molar-refractivity contribution in [3.05, 3.63) is 35.9 Å². The quantitative estimate of drug-likeness (QED) is 0.590. The molecule has 14 heavy (non-hydrogen) atoms. The van der Waals surface area contributed by atoms with Gasteiger partial charge in [-0.25, -0.2) is 0 Å². The lowest BCUT2D eigenvalue weighted by Crippen LogP contribution is -1.83. The second-order valence-corrected chi connectivity index (χ2v) is 3.05. The molecule has 0 spiro atoms. The van der Waals surface area contributed by atoms with Crippen LogP contribution in [0.3, 0.4) is 0 Å². The van der Waals surface area contributed by atoms with E-state index in [2.05, 4.69) is 37.3 Å². The topological polar surface area (TPSA) is 37.3 Å². The van der Waals surface area contributed by atoms with E-state index in [0.717, 1.165) is 0 Å². The highest BCUT2D eigenvalue weighted by Crippen LogP contribution is 2.05. The van der Waals surface area contributed by atoms with Gasteiger partial charge in [-0.15, -0.1) is 0 Å². The molecular weight excluding hydrogens is 176 g/mol. The van der Waals surface area contributed by atoms with Crippen LogP contribution in [-0.2, 0) is 11.2 Å². The smallest absolute Gasteiger partial charge is 0.290 e. The Bertz CT molecular complexity index is 219. The van der Waals surface area contributed by atoms with E-state index in [1.165, 1.54) is 31.2 Å². The van der Waals surface area contributed by atoms with Crippen LogP contribution >= 0.6 is 0 Å². The van der Waals surface area contributed by atoms with Crippen molar-refractivity contribution < 1.29 is 9.90 Å². The Morgan fingerprint density at radius 3 is 2.29 bits per heavy atom. The second-order valence-electron chi connectivity index (χ2n) is 3.05. The van der Waals surface area contributed by atoms with Gasteiger partial charge in [0.05, 0.1) is 0 Å². The summed E-state index contributed by atoms with van der Waals surface area (Å²) in [5.74, 6) is 0. The Kier molecular flexibility index (Phi) is 8.86. The van der Waals surface area contributed by atoms with Crippen LogP contribution in [0.4, 0.5) is 0 Å². The molecule has 1 aromatic rings. The fourth-order valence-electron chi connectivity index (χ4n) is 1.22. The lowest BCUT2D eigenvalue weighted by atomic mass is 10.1. The Balaban J connectivity index is 0.000000500. The zero-order chi connectivity index (χ0) is 10.6. The molecule has 78 valence electrons. The van der Waals surface area contributed by atoms with Crippen molar-refractivity contribution in [2.75, 3.05) is 0 Å². The van der Waals surface area contributed by atoms with Gasteiger partial charge in [0.1, 0.15) is 0 Å². The summed E-state index contributed by atoms with van der Waals surface area (Å²) in [5, 5.41) is 6.89. The van der Waals surface area contributed by atoms with Crippen LogP contribution in [0, 0.1) is 0 Å². The average molecular weight is 194 g/mol. The van der Waals surface area contributed by atoms with E-state index < -0.39 is 0 Å². The Hall–Kier alpha value is -1.31. The third kappa shape index (κ3) is 7.35. The van der Waals surface area contributed by atoms with Gasteiger partial charge in [-0.05, 0) is 18.4 Å². The highest BCUT2D eigenvalue weighted by atomic mass is 16.3. The molecular formula is C12H18O2. The molecule has 0 aliphatic heterocycles. The molecule has 1 rings (SSSR count). The minimum absolute atomic E-state index is 0.250. The number of rotatable bonds is 4. The summed E-state index contributed by atoms with van der Waals surface area (Å²) in [4.78, 5) is 8.36. The van der Waals surface area contributed by atoms with Gasteiger partial charge in [-0.2, -0.15) is 0 Å². The molecule has 0 fully saturated rings. The summed E-state index contributed by atoms with van der Waals surface area (Å²) >= 11 is 0. The number of carboxylic acid groups (broad SMARTS) is 1. The van der Waals surface area contributed by atoms with Gasteiger partial charge < -0.3 is 5.11 Å². The number of unbranched alkanes of at least 4 members (excludes halogenated alkanes) is 2. The number of carbonyl (C=O) groups is 1. The molecule has 1 aromatic carbocycles. The fourth-order valence-corrected chi connectivity index (χ4v) is 1.22. The van der Waals surface area contributed by atoms with Crippen LogP contribution in [0.15, 0.2) is 30.3 Å². The van der Waals surface area contributed by atoms with Crippen LogP contribution in [0.5, 0.6) is 0 Å². The van der Waals surface area contributed by atoms with Gasteiger partial charge in [0.25, 0.3) is 6.47 Å². The van der Waals surface area contributed by atoms with Gasteiger partial charge in [0, 0.05) is 0 Å². The molecule has 1 N–H and O–H groups in total. The standard InChI is InChI=1S/C11H16.CH2O2/c1-2-3-5-8-11-9-6-4-7-10-11;2-1-3/h4,6-7,9-10H,2-3,5,8H2,1H3;1H,(H,2,3). The van der Waals surface area contributed by atoms with E-state index in [4.69, 9.17) is 9.90 Å². The van der Waals surface area contributed by atoms with Crippen molar-refractivity contribution in [3.63, 3.8) is 0 Å². The second kappa shape index (κ2) is 9.78. The molecule has 0 saturated carbocycles. The first-order chi connectivity index (χ1) is 6.85. The minimum atomic E-state index is -0.250. The van der Waals surface area contributed by atoms with Crippen LogP contribution in [-0.4, -0.2) is 11.6 Å². The minimum Gasteiger partial charge on any atom is -0.483 e. The molecule has 0 radical (unpaired) electrons. The summed E-state index contributed by atoms with van der Waals surface area (Å²) in [6.07, 6.45) is 5.25. The number of hydrogen-bond acceptors (Lipinski definition) is 1. The summed E-state index contributed by atoms with van der Waals surface area (Å²) in [7, 11) is 0. The van der Waals surface area contributed by atoms with Crippen molar-refractivity contribution in [3.8, 4) is 0 Å². The van der Waals surface area contributed by atoms with E-state index in [1.807, 2.05) is 0 Å². The molecule has 0 amide bonds. The first kappa shape index (κ1) is 12.7. The number of hydrogen-bond donors (Lipinski definition) is 1. The SMILES string of the molecule is CCCCCc1ccccc1.O=CO. The monoisotopic (exact) mass is 194 g/mol. The fraction of sp³-hybridized carbons (Fsp3) is 0.417. The molecule has 2 heteroatoms. The van der Waals surface area contributed by atoms with Gasteiger partial charge >= 0.3 is 0 Å².